The largest absolute Gasteiger partial charge is 0.376 e. The van der Waals surface area contributed by atoms with Crippen LogP contribution in [-0.4, -0.2) is 51.3 Å². The van der Waals surface area contributed by atoms with E-state index in [0.717, 1.165) is 31.2 Å². The summed E-state index contributed by atoms with van der Waals surface area (Å²) in [5.74, 6) is 0.819. The molecule has 0 amide bonds. The molecule has 0 spiro atoms. The van der Waals surface area contributed by atoms with E-state index >= 15 is 0 Å². The third kappa shape index (κ3) is 6.26. The number of rotatable bonds is 7. The Morgan fingerprint density at radius 1 is 1.56 bits per heavy atom. The third-order valence-electron chi connectivity index (χ3n) is 2.93. The average Bonchev–Trinajstić information content (AvgIpc) is 2.23. The van der Waals surface area contributed by atoms with Crippen LogP contribution in [0.1, 0.15) is 19.8 Å². The van der Waals surface area contributed by atoms with Crippen LogP contribution in [-0.2, 0) is 4.74 Å². The van der Waals surface area contributed by atoms with Crippen LogP contribution in [0.2, 0.25) is 0 Å². The lowest BCUT2D eigenvalue weighted by molar-refractivity contribution is 0.153. The molecule has 94 valence electrons. The highest BCUT2D eigenvalue weighted by atomic mass is 16.5. The van der Waals surface area contributed by atoms with Gasteiger partial charge in [-0.15, -0.1) is 0 Å². The van der Waals surface area contributed by atoms with Gasteiger partial charge in [0.15, 0.2) is 0 Å². The fraction of sp³-hybridized carbons (Fsp3) is 0.846. The van der Waals surface area contributed by atoms with Crippen molar-refractivity contribution in [3.63, 3.8) is 0 Å². The normalized spacial score (nSPS) is 22.2. The predicted molar refractivity (Wildman–Crippen MR) is 68.7 cm³/mol. The minimum absolute atomic E-state index is 0.688. The highest BCUT2D eigenvalue weighted by Gasteiger charge is 2.16. The predicted octanol–water partition coefficient (Wildman–Crippen LogP) is 1.51. The molecule has 1 aliphatic rings. The van der Waals surface area contributed by atoms with Gasteiger partial charge in [0.2, 0.25) is 0 Å². The smallest absolute Gasteiger partial charge is 0.0672 e. The van der Waals surface area contributed by atoms with E-state index < -0.39 is 0 Å². The lowest BCUT2D eigenvalue weighted by atomic mass is 9.98. The van der Waals surface area contributed by atoms with Crippen molar-refractivity contribution in [3.05, 3.63) is 12.2 Å². The first-order chi connectivity index (χ1) is 7.68. The van der Waals surface area contributed by atoms with Crippen molar-refractivity contribution < 1.29 is 4.74 Å². The topological polar surface area (TPSA) is 24.5 Å². The summed E-state index contributed by atoms with van der Waals surface area (Å²) in [4.78, 5) is 2.42. The summed E-state index contributed by atoms with van der Waals surface area (Å²) < 4.78 is 5.43. The Hall–Kier alpha value is -0.380. The van der Waals surface area contributed by atoms with E-state index in [1.807, 2.05) is 6.92 Å². The summed E-state index contributed by atoms with van der Waals surface area (Å²) in [6, 6.07) is 0. The average molecular weight is 226 g/mol. The van der Waals surface area contributed by atoms with Gasteiger partial charge in [0.05, 0.1) is 13.2 Å². The molecule has 1 unspecified atom stereocenters. The summed E-state index contributed by atoms with van der Waals surface area (Å²) in [7, 11) is 2.21. The molecule has 1 saturated heterocycles. The number of piperidine rings is 1. The highest BCUT2D eigenvalue weighted by Crippen LogP contribution is 2.13. The molecule has 0 aliphatic carbocycles. The van der Waals surface area contributed by atoms with Gasteiger partial charge in [0, 0.05) is 13.1 Å². The van der Waals surface area contributed by atoms with Crippen LogP contribution in [0.3, 0.4) is 0 Å². The maximum Gasteiger partial charge on any atom is 0.0672 e. The monoisotopic (exact) mass is 226 g/mol. The van der Waals surface area contributed by atoms with E-state index in [1.165, 1.54) is 25.9 Å². The second kappa shape index (κ2) is 7.82. The van der Waals surface area contributed by atoms with Crippen LogP contribution in [0, 0.1) is 5.92 Å². The Labute approximate surface area is 99.8 Å². The first kappa shape index (κ1) is 13.7. The molecule has 0 aromatic carbocycles. The zero-order chi connectivity index (χ0) is 11.8. The van der Waals surface area contributed by atoms with E-state index in [-0.39, 0.29) is 0 Å². The number of nitrogens with zero attached hydrogens (tertiary/aromatic N) is 1. The van der Waals surface area contributed by atoms with Crippen LogP contribution in [0.15, 0.2) is 12.2 Å². The molecular weight excluding hydrogens is 200 g/mol. The van der Waals surface area contributed by atoms with Crippen molar-refractivity contribution in [2.45, 2.75) is 19.8 Å². The maximum absolute atomic E-state index is 5.43. The van der Waals surface area contributed by atoms with Crippen LogP contribution in [0.5, 0.6) is 0 Å². The van der Waals surface area contributed by atoms with Gasteiger partial charge in [-0.1, -0.05) is 12.2 Å². The molecule has 1 rings (SSSR count). The highest BCUT2D eigenvalue weighted by molar-refractivity contribution is 4.87. The molecule has 0 aromatic rings. The maximum atomic E-state index is 5.43. The van der Waals surface area contributed by atoms with Gasteiger partial charge in [-0.3, -0.25) is 0 Å². The summed E-state index contributed by atoms with van der Waals surface area (Å²) in [5.41, 5.74) is 1.09. The van der Waals surface area contributed by atoms with Gasteiger partial charge < -0.3 is 15.0 Å². The molecule has 1 N–H and O–H groups in total. The number of ether oxygens (including phenoxy) is 1. The summed E-state index contributed by atoms with van der Waals surface area (Å²) in [6.07, 6.45) is 2.71. The van der Waals surface area contributed by atoms with E-state index in [1.54, 1.807) is 0 Å². The molecule has 1 fully saturated rings. The van der Waals surface area contributed by atoms with Crippen molar-refractivity contribution in [1.82, 2.24) is 10.2 Å². The standard InChI is InChI=1S/C13H26N2O/c1-12(2)11-16-8-6-14-9-13-5-4-7-15(3)10-13/h13-14H,1,4-11H2,2-3H3. The first-order valence-corrected chi connectivity index (χ1v) is 6.30. The van der Waals surface area contributed by atoms with Crippen molar-refractivity contribution in [3.8, 4) is 0 Å². The SMILES string of the molecule is C=C(C)COCCNCC1CCCN(C)C1. The molecule has 3 nitrogen and oxygen atoms in total. The number of likely N-dealkylation sites (tertiary alicyclic amines) is 1. The molecule has 3 heteroatoms. The van der Waals surface area contributed by atoms with E-state index in [0.29, 0.717) is 6.61 Å². The van der Waals surface area contributed by atoms with Crippen LogP contribution < -0.4 is 5.32 Å². The number of hydrogen-bond donors (Lipinski definition) is 1. The Morgan fingerprint density at radius 3 is 3.06 bits per heavy atom. The minimum atomic E-state index is 0.688. The van der Waals surface area contributed by atoms with E-state index in [9.17, 15) is 0 Å². The molecule has 1 atom stereocenters. The van der Waals surface area contributed by atoms with Gasteiger partial charge in [-0.25, -0.2) is 0 Å². The molecule has 1 heterocycles. The van der Waals surface area contributed by atoms with Crippen LogP contribution in [0.25, 0.3) is 0 Å². The van der Waals surface area contributed by atoms with Gasteiger partial charge in [0.1, 0.15) is 0 Å². The molecule has 16 heavy (non-hydrogen) atoms. The van der Waals surface area contributed by atoms with Gasteiger partial charge in [-0.2, -0.15) is 0 Å². The van der Waals surface area contributed by atoms with E-state index in [4.69, 9.17) is 4.74 Å². The van der Waals surface area contributed by atoms with Crippen LogP contribution >= 0.6 is 0 Å². The fourth-order valence-corrected chi connectivity index (χ4v) is 2.14. The van der Waals surface area contributed by atoms with Crippen LogP contribution in [0.4, 0.5) is 0 Å². The molecule has 0 aromatic heterocycles. The minimum Gasteiger partial charge on any atom is -0.376 e. The second-order valence-electron chi connectivity index (χ2n) is 4.98. The number of nitrogens with one attached hydrogen (secondary N) is 1. The summed E-state index contributed by atoms with van der Waals surface area (Å²) >= 11 is 0. The summed E-state index contributed by atoms with van der Waals surface area (Å²) in [5, 5.41) is 3.47. The third-order valence-corrected chi connectivity index (χ3v) is 2.93. The zero-order valence-corrected chi connectivity index (χ0v) is 10.8. The quantitative estimate of drug-likeness (QED) is 0.526. The Bertz CT molecular complexity index is 206. The van der Waals surface area contributed by atoms with Crippen molar-refractivity contribution in [1.29, 1.82) is 0 Å². The molecular formula is C13H26N2O. The van der Waals surface area contributed by atoms with Crippen molar-refractivity contribution >= 4 is 0 Å². The first-order valence-electron chi connectivity index (χ1n) is 6.30. The van der Waals surface area contributed by atoms with Gasteiger partial charge >= 0.3 is 0 Å². The lowest BCUT2D eigenvalue weighted by Crippen LogP contribution is -2.38. The number of hydrogen-bond acceptors (Lipinski definition) is 3. The van der Waals surface area contributed by atoms with Gasteiger partial charge in [0.25, 0.3) is 0 Å². The molecule has 0 saturated carbocycles. The van der Waals surface area contributed by atoms with Gasteiger partial charge in [-0.05, 0) is 45.8 Å². The van der Waals surface area contributed by atoms with E-state index in [2.05, 4.69) is 23.8 Å². The Kier molecular flexibility index (Phi) is 6.69. The molecule has 1 aliphatic heterocycles. The second-order valence-corrected chi connectivity index (χ2v) is 4.98. The molecule has 0 radical (unpaired) electrons. The summed E-state index contributed by atoms with van der Waals surface area (Å²) in [6.45, 7) is 11.8. The van der Waals surface area contributed by atoms with Crippen molar-refractivity contribution in [2.24, 2.45) is 5.92 Å². The zero-order valence-electron chi connectivity index (χ0n) is 10.8. The Balaban J connectivity index is 1.92. The fourth-order valence-electron chi connectivity index (χ4n) is 2.14. The Morgan fingerprint density at radius 2 is 2.38 bits per heavy atom. The lowest BCUT2D eigenvalue weighted by Gasteiger charge is -2.29. The molecule has 0 bridgehead atoms. The van der Waals surface area contributed by atoms with Crippen molar-refractivity contribution in [2.75, 3.05) is 46.4 Å².